The predicted octanol–water partition coefficient (Wildman–Crippen LogP) is 2.26. The molecule has 0 aliphatic heterocycles. The Morgan fingerprint density at radius 1 is 1.55 bits per heavy atom. The number of rotatable bonds is 2. The van der Waals surface area contributed by atoms with Crippen molar-refractivity contribution in [2.45, 2.75) is 32.1 Å². The van der Waals surface area contributed by atoms with Crippen LogP contribution in [-0.2, 0) is 4.79 Å². The predicted molar refractivity (Wildman–Crippen MR) is 37.5 cm³/mol. The molecule has 11 heavy (non-hydrogen) atoms. The lowest BCUT2D eigenvalue weighted by atomic mass is 9.95. The van der Waals surface area contributed by atoms with Crippen molar-refractivity contribution in [2.75, 3.05) is 0 Å². The van der Waals surface area contributed by atoms with Crippen LogP contribution in [0.4, 0.5) is 8.78 Å². The fraction of sp³-hybridized carbons (Fsp3) is 0.875. The molecule has 2 atom stereocenters. The van der Waals surface area contributed by atoms with Gasteiger partial charge in [-0.3, -0.25) is 0 Å². The largest absolute Gasteiger partial charge is 0.303 e. The van der Waals surface area contributed by atoms with Crippen LogP contribution in [-0.4, -0.2) is 12.2 Å². The second-order valence-electron chi connectivity index (χ2n) is 3.23. The lowest BCUT2D eigenvalue weighted by Gasteiger charge is -2.08. The van der Waals surface area contributed by atoms with Gasteiger partial charge in [-0.25, -0.2) is 8.78 Å². The fourth-order valence-electron chi connectivity index (χ4n) is 1.74. The molecule has 2 unspecified atom stereocenters. The maximum absolute atomic E-state index is 12.7. The molecular formula is C8H12F2O. The average molecular weight is 162 g/mol. The molecule has 64 valence electrons. The quantitative estimate of drug-likeness (QED) is 0.569. The van der Waals surface area contributed by atoms with Gasteiger partial charge in [-0.1, -0.05) is 13.3 Å². The highest BCUT2D eigenvalue weighted by Crippen LogP contribution is 2.43. The van der Waals surface area contributed by atoms with Gasteiger partial charge in [0.1, 0.15) is 6.29 Å². The number of alkyl halides is 2. The molecule has 0 saturated heterocycles. The van der Waals surface area contributed by atoms with Gasteiger partial charge < -0.3 is 4.79 Å². The Labute approximate surface area is 64.8 Å². The summed E-state index contributed by atoms with van der Waals surface area (Å²) in [5.74, 6) is -3.09. The van der Waals surface area contributed by atoms with Crippen molar-refractivity contribution in [1.29, 1.82) is 0 Å². The van der Waals surface area contributed by atoms with Crippen LogP contribution >= 0.6 is 0 Å². The van der Waals surface area contributed by atoms with Crippen LogP contribution in [0.25, 0.3) is 0 Å². The molecule has 0 aromatic heterocycles. The molecule has 0 radical (unpaired) electrons. The molecule has 1 saturated carbocycles. The lowest BCUT2D eigenvalue weighted by molar-refractivity contribution is -0.112. The van der Waals surface area contributed by atoms with Crippen molar-refractivity contribution in [3.63, 3.8) is 0 Å². The summed E-state index contributed by atoms with van der Waals surface area (Å²) in [5.41, 5.74) is 0. The summed E-state index contributed by atoms with van der Waals surface area (Å²) in [4.78, 5) is 10.3. The average Bonchev–Trinajstić information content (AvgIpc) is 2.25. The molecule has 1 aliphatic carbocycles. The molecule has 0 N–H and O–H groups in total. The molecular weight excluding hydrogens is 150 g/mol. The van der Waals surface area contributed by atoms with Gasteiger partial charge in [0.25, 0.3) is 0 Å². The van der Waals surface area contributed by atoms with E-state index in [0.717, 1.165) is 0 Å². The summed E-state index contributed by atoms with van der Waals surface area (Å²) in [6, 6.07) is 0. The van der Waals surface area contributed by atoms with Gasteiger partial charge in [0.15, 0.2) is 0 Å². The lowest BCUT2D eigenvalue weighted by Crippen LogP contribution is -2.09. The number of hydrogen-bond acceptors (Lipinski definition) is 1. The van der Waals surface area contributed by atoms with Gasteiger partial charge in [-0.2, -0.15) is 0 Å². The summed E-state index contributed by atoms with van der Waals surface area (Å²) in [7, 11) is 0. The van der Waals surface area contributed by atoms with Crippen LogP contribution < -0.4 is 0 Å². The highest BCUT2D eigenvalue weighted by atomic mass is 19.3. The summed E-state index contributed by atoms with van der Waals surface area (Å²) in [6.45, 7) is 1.85. The first-order chi connectivity index (χ1) is 5.09. The van der Waals surface area contributed by atoms with Crippen LogP contribution in [0.2, 0.25) is 0 Å². The topological polar surface area (TPSA) is 17.1 Å². The van der Waals surface area contributed by atoms with Gasteiger partial charge in [0.05, 0.1) is 0 Å². The van der Waals surface area contributed by atoms with E-state index < -0.39 is 11.8 Å². The molecule has 0 spiro atoms. The van der Waals surface area contributed by atoms with Crippen molar-refractivity contribution in [2.24, 2.45) is 11.8 Å². The summed E-state index contributed by atoms with van der Waals surface area (Å²) in [5, 5.41) is 0. The molecule has 0 amide bonds. The summed E-state index contributed by atoms with van der Waals surface area (Å²) in [6.07, 6.45) is 1.01. The molecule has 1 nitrogen and oxygen atoms in total. The van der Waals surface area contributed by atoms with Gasteiger partial charge in [-0.05, 0) is 5.92 Å². The first-order valence-electron chi connectivity index (χ1n) is 3.92. The van der Waals surface area contributed by atoms with Crippen LogP contribution in [0.3, 0.4) is 0 Å². The number of hydrogen-bond donors (Lipinski definition) is 0. The minimum Gasteiger partial charge on any atom is -0.303 e. The SMILES string of the molecule is CCC1CC(F)(F)CC1C=O. The Morgan fingerprint density at radius 3 is 2.55 bits per heavy atom. The summed E-state index contributed by atoms with van der Waals surface area (Å²) < 4.78 is 25.3. The van der Waals surface area contributed by atoms with E-state index in [1.807, 2.05) is 6.92 Å². The van der Waals surface area contributed by atoms with Crippen LogP contribution in [0.15, 0.2) is 0 Å². The van der Waals surface area contributed by atoms with Crippen LogP contribution in [0.1, 0.15) is 26.2 Å². The van der Waals surface area contributed by atoms with E-state index in [1.54, 1.807) is 0 Å². The minimum absolute atomic E-state index is 0.0949. The molecule has 0 aromatic rings. The van der Waals surface area contributed by atoms with E-state index in [0.29, 0.717) is 12.7 Å². The molecule has 3 heteroatoms. The zero-order valence-corrected chi connectivity index (χ0v) is 6.52. The maximum Gasteiger partial charge on any atom is 0.249 e. The Balaban J connectivity index is 2.62. The smallest absolute Gasteiger partial charge is 0.249 e. The van der Waals surface area contributed by atoms with Gasteiger partial charge >= 0.3 is 0 Å². The first kappa shape index (κ1) is 8.62. The van der Waals surface area contributed by atoms with Gasteiger partial charge in [-0.15, -0.1) is 0 Å². The van der Waals surface area contributed by atoms with Crippen molar-refractivity contribution < 1.29 is 13.6 Å². The Hall–Kier alpha value is -0.470. The van der Waals surface area contributed by atoms with Crippen molar-refractivity contribution in [3.8, 4) is 0 Å². The molecule has 1 rings (SSSR count). The van der Waals surface area contributed by atoms with Crippen molar-refractivity contribution >= 4 is 6.29 Å². The third-order valence-electron chi connectivity index (χ3n) is 2.40. The third-order valence-corrected chi connectivity index (χ3v) is 2.40. The number of carbonyl (C=O) groups is 1. The fourth-order valence-corrected chi connectivity index (χ4v) is 1.74. The standard InChI is InChI=1S/C8H12F2O/c1-2-6-3-8(9,10)4-7(6)5-11/h5-7H,2-4H2,1H3. The van der Waals surface area contributed by atoms with E-state index in [-0.39, 0.29) is 18.8 Å². The number of carbonyl (C=O) groups excluding carboxylic acids is 1. The van der Waals surface area contributed by atoms with Crippen LogP contribution in [0, 0.1) is 11.8 Å². The molecule has 0 aromatic carbocycles. The zero-order valence-electron chi connectivity index (χ0n) is 6.52. The van der Waals surface area contributed by atoms with E-state index in [2.05, 4.69) is 0 Å². The number of halogens is 2. The van der Waals surface area contributed by atoms with Crippen molar-refractivity contribution in [1.82, 2.24) is 0 Å². The van der Waals surface area contributed by atoms with E-state index in [9.17, 15) is 13.6 Å². The normalized spacial score (nSPS) is 35.5. The zero-order chi connectivity index (χ0) is 8.48. The second kappa shape index (κ2) is 2.88. The highest BCUT2D eigenvalue weighted by Gasteiger charge is 2.45. The van der Waals surface area contributed by atoms with E-state index in [4.69, 9.17) is 0 Å². The number of aldehydes is 1. The monoisotopic (exact) mass is 162 g/mol. The first-order valence-corrected chi connectivity index (χ1v) is 3.92. The van der Waals surface area contributed by atoms with Crippen molar-refractivity contribution in [3.05, 3.63) is 0 Å². The molecule has 1 aliphatic rings. The Morgan fingerprint density at radius 2 is 2.18 bits per heavy atom. The highest BCUT2D eigenvalue weighted by molar-refractivity contribution is 5.55. The summed E-state index contributed by atoms with van der Waals surface area (Å²) >= 11 is 0. The molecule has 1 fully saturated rings. The maximum atomic E-state index is 12.7. The van der Waals surface area contributed by atoms with Crippen LogP contribution in [0.5, 0.6) is 0 Å². The molecule has 0 bridgehead atoms. The molecule has 0 heterocycles. The van der Waals surface area contributed by atoms with Gasteiger partial charge in [0.2, 0.25) is 5.92 Å². The van der Waals surface area contributed by atoms with Gasteiger partial charge in [0, 0.05) is 18.8 Å². The third kappa shape index (κ3) is 1.76. The Kier molecular flexibility index (Phi) is 2.25. The van der Waals surface area contributed by atoms with E-state index >= 15 is 0 Å². The second-order valence-corrected chi connectivity index (χ2v) is 3.23. The van der Waals surface area contributed by atoms with E-state index in [1.165, 1.54) is 0 Å². The minimum atomic E-state index is -2.59. The Bertz CT molecular complexity index is 156.